The highest BCUT2D eigenvalue weighted by atomic mass is 32.1. The summed E-state index contributed by atoms with van der Waals surface area (Å²) in [6.07, 6.45) is 6.46. The molecule has 4 nitrogen and oxygen atoms in total. The third-order valence-electron chi connectivity index (χ3n) is 3.73. The predicted molar refractivity (Wildman–Crippen MR) is 81.2 cm³/mol. The number of nitrogens with one attached hydrogen (secondary N) is 1. The summed E-state index contributed by atoms with van der Waals surface area (Å²) in [6, 6.07) is 0. The summed E-state index contributed by atoms with van der Waals surface area (Å²) >= 11 is 1.43. The summed E-state index contributed by atoms with van der Waals surface area (Å²) in [4.78, 5) is 17.1. The van der Waals surface area contributed by atoms with E-state index in [4.69, 9.17) is 0 Å². The molecule has 5 heteroatoms. The largest absolute Gasteiger partial charge is 0.388 e. The number of hydrogen-bond acceptors (Lipinski definition) is 4. The van der Waals surface area contributed by atoms with E-state index in [9.17, 15) is 9.90 Å². The first-order chi connectivity index (χ1) is 9.30. The Morgan fingerprint density at radius 2 is 2.05 bits per heavy atom. The highest BCUT2D eigenvalue weighted by Gasteiger charge is 2.30. The quantitative estimate of drug-likeness (QED) is 0.901. The summed E-state index contributed by atoms with van der Waals surface area (Å²) in [6.45, 7) is 6.59. The maximum Gasteiger partial charge on any atom is 0.263 e. The minimum Gasteiger partial charge on any atom is -0.388 e. The zero-order valence-electron chi connectivity index (χ0n) is 12.5. The number of amides is 1. The predicted octanol–water partition coefficient (Wildman–Crippen LogP) is 2.87. The van der Waals surface area contributed by atoms with Gasteiger partial charge in [0.2, 0.25) is 0 Å². The van der Waals surface area contributed by atoms with Crippen molar-refractivity contribution in [2.75, 3.05) is 6.54 Å². The van der Waals surface area contributed by atoms with Crippen molar-refractivity contribution >= 4 is 17.2 Å². The van der Waals surface area contributed by atoms with Gasteiger partial charge in [-0.2, -0.15) is 0 Å². The van der Waals surface area contributed by atoms with Crippen LogP contribution in [-0.4, -0.2) is 28.1 Å². The molecular formula is C15H24N2O2S. The van der Waals surface area contributed by atoms with Crippen LogP contribution in [0.25, 0.3) is 0 Å². The third-order valence-corrected chi connectivity index (χ3v) is 5.16. The van der Waals surface area contributed by atoms with Gasteiger partial charge in [-0.15, -0.1) is 11.3 Å². The van der Waals surface area contributed by atoms with Gasteiger partial charge in [-0.3, -0.25) is 4.79 Å². The van der Waals surface area contributed by atoms with E-state index in [1.165, 1.54) is 17.8 Å². The van der Waals surface area contributed by atoms with Gasteiger partial charge in [-0.1, -0.05) is 40.0 Å². The van der Waals surface area contributed by atoms with Crippen LogP contribution in [0.15, 0.2) is 6.20 Å². The van der Waals surface area contributed by atoms with Crippen molar-refractivity contribution in [2.45, 2.75) is 63.9 Å². The number of rotatable bonds is 3. The van der Waals surface area contributed by atoms with Crippen LogP contribution in [0.1, 0.15) is 67.6 Å². The monoisotopic (exact) mass is 296 g/mol. The van der Waals surface area contributed by atoms with Gasteiger partial charge in [0, 0.05) is 12.0 Å². The van der Waals surface area contributed by atoms with Gasteiger partial charge < -0.3 is 10.4 Å². The highest BCUT2D eigenvalue weighted by Crippen LogP contribution is 2.28. The minimum atomic E-state index is -0.717. The molecule has 2 N–H and O–H groups in total. The van der Waals surface area contributed by atoms with Crippen molar-refractivity contribution < 1.29 is 9.90 Å². The second-order valence-electron chi connectivity index (χ2n) is 6.75. The molecule has 0 radical (unpaired) electrons. The van der Waals surface area contributed by atoms with Crippen LogP contribution < -0.4 is 5.32 Å². The fourth-order valence-corrected chi connectivity index (χ4v) is 3.33. The van der Waals surface area contributed by atoms with E-state index in [-0.39, 0.29) is 11.3 Å². The zero-order chi connectivity index (χ0) is 14.8. The smallest absolute Gasteiger partial charge is 0.263 e. The summed E-state index contributed by atoms with van der Waals surface area (Å²) in [5.41, 5.74) is -0.754. The number of thiazole rings is 1. The Bertz CT molecular complexity index is 470. The van der Waals surface area contributed by atoms with Crippen molar-refractivity contribution in [2.24, 2.45) is 0 Å². The van der Waals surface area contributed by atoms with Gasteiger partial charge in [0.25, 0.3) is 5.91 Å². The van der Waals surface area contributed by atoms with Crippen molar-refractivity contribution in [3.63, 3.8) is 0 Å². The van der Waals surface area contributed by atoms with E-state index in [1.807, 2.05) is 0 Å². The molecule has 20 heavy (non-hydrogen) atoms. The summed E-state index contributed by atoms with van der Waals surface area (Å²) in [5.74, 6) is -0.128. The topological polar surface area (TPSA) is 62.2 Å². The molecule has 0 saturated heterocycles. The van der Waals surface area contributed by atoms with Gasteiger partial charge in [0.15, 0.2) is 0 Å². The molecule has 112 valence electrons. The van der Waals surface area contributed by atoms with E-state index >= 15 is 0 Å². The normalized spacial score (nSPS) is 18.8. The molecule has 1 fully saturated rings. The van der Waals surface area contributed by atoms with E-state index in [2.05, 4.69) is 31.1 Å². The first kappa shape index (κ1) is 15.4. The molecule has 0 aliphatic heterocycles. The lowest BCUT2D eigenvalue weighted by atomic mass is 9.85. The maximum absolute atomic E-state index is 12.1. The molecule has 0 bridgehead atoms. The fourth-order valence-electron chi connectivity index (χ4n) is 2.44. The summed E-state index contributed by atoms with van der Waals surface area (Å²) in [5, 5.41) is 14.2. The third kappa shape index (κ3) is 3.79. The van der Waals surface area contributed by atoms with Crippen LogP contribution >= 0.6 is 11.3 Å². The molecule has 1 aromatic heterocycles. The lowest BCUT2D eigenvalue weighted by Crippen LogP contribution is -2.44. The summed E-state index contributed by atoms with van der Waals surface area (Å²) in [7, 11) is 0. The number of nitrogens with zero attached hydrogens (tertiary/aromatic N) is 1. The number of aliphatic hydroxyl groups is 1. The number of carbonyl (C=O) groups is 1. The van der Waals surface area contributed by atoms with Gasteiger partial charge in [-0.25, -0.2) is 4.98 Å². The molecule has 0 spiro atoms. The SMILES string of the molecule is CC(C)(C)c1ncc(C(=O)NCC2(O)CCCCC2)s1. The van der Waals surface area contributed by atoms with Crippen molar-refractivity contribution in [3.8, 4) is 0 Å². The van der Waals surface area contributed by atoms with Crippen LogP contribution in [0, 0.1) is 0 Å². The molecule has 0 aromatic carbocycles. The lowest BCUT2D eigenvalue weighted by Gasteiger charge is -2.31. The molecular weight excluding hydrogens is 272 g/mol. The van der Waals surface area contributed by atoms with E-state index in [0.29, 0.717) is 11.4 Å². The van der Waals surface area contributed by atoms with Gasteiger partial charge >= 0.3 is 0 Å². The van der Waals surface area contributed by atoms with E-state index in [1.54, 1.807) is 6.20 Å². The van der Waals surface area contributed by atoms with Gasteiger partial charge in [-0.05, 0) is 12.8 Å². The molecule has 0 atom stereocenters. The fraction of sp³-hybridized carbons (Fsp3) is 0.733. The Morgan fingerprint density at radius 3 is 2.60 bits per heavy atom. The average Bonchev–Trinajstić information content (AvgIpc) is 2.86. The Kier molecular flexibility index (Phi) is 4.49. The standard InChI is InChI=1S/C15H24N2O2S/c1-14(2,3)13-16-9-11(20-13)12(18)17-10-15(19)7-5-4-6-8-15/h9,19H,4-8,10H2,1-3H3,(H,17,18). The highest BCUT2D eigenvalue weighted by molar-refractivity contribution is 7.13. The first-order valence-corrected chi connectivity index (χ1v) is 8.09. The Balaban J connectivity index is 1.93. The molecule has 0 unspecified atom stereocenters. The second-order valence-corrected chi connectivity index (χ2v) is 7.78. The van der Waals surface area contributed by atoms with Crippen LogP contribution in [-0.2, 0) is 5.41 Å². The first-order valence-electron chi connectivity index (χ1n) is 7.27. The molecule has 1 aliphatic rings. The number of carbonyl (C=O) groups excluding carboxylic acids is 1. The average molecular weight is 296 g/mol. The number of aromatic nitrogens is 1. The minimum absolute atomic E-state index is 0.0369. The van der Waals surface area contributed by atoms with Crippen molar-refractivity contribution in [3.05, 3.63) is 16.1 Å². The van der Waals surface area contributed by atoms with E-state index < -0.39 is 5.60 Å². The van der Waals surface area contributed by atoms with Crippen molar-refractivity contribution in [1.82, 2.24) is 10.3 Å². The van der Waals surface area contributed by atoms with Crippen LogP contribution in [0.5, 0.6) is 0 Å². The van der Waals surface area contributed by atoms with E-state index in [0.717, 1.165) is 30.7 Å². The van der Waals surface area contributed by atoms with Gasteiger partial charge in [0.1, 0.15) is 4.88 Å². The van der Waals surface area contributed by atoms with Gasteiger partial charge in [0.05, 0.1) is 16.8 Å². The van der Waals surface area contributed by atoms with Crippen molar-refractivity contribution in [1.29, 1.82) is 0 Å². The molecule has 2 rings (SSSR count). The van der Waals surface area contributed by atoms with Crippen LogP contribution in [0.2, 0.25) is 0 Å². The molecule has 1 heterocycles. The maximum atomic E-state index is 12.1. The molecule has 1 saturated carbocycles. The van der Waals surface area contributed by atoms with Crippen LogP contribution in [0.3, 0.4) is 0 Å². The molecule has 1 amide bonds. The second kappa shape index (κ2) is 5.82. The Labute approximate surface area is 124 Å². The Hall–Kier alpha value is -0.940. The van der Waals surface area contributed by atoms with Crippen LogP contribution in [0.4, 0.5) is 0 Å². The zero-order valence-corrected chi connectivity index (χ0v) is 13.3. The molecule has 1 aliphatic carbocycles. The Morgan fingerprint density at radius 1 is 1.40 bits per heavy atom. The number of hydrogen-bond donors (Lipinski definition) is 2. The molecule has 1 aromatic rings. The summed E-state index contributed by atoms with van der Waals surface area (Å²) < 4.78 is 0. The lowest BCUT2D eigenvalue weighted by molar-refractivity contribution is 0.00529.